The Labute approximate surface area is 90.7 Å². The molecule has 0 radical (unpaired) electrons. The van der Waals surface area contributed by atoms with Crippen LogP contribution in [-0.4, -0.2) is 16.2 Å². The lowest BCUT2D eigenvalue weighted by molar-refractivity contribution is 0.0696. The lowest BCUT2D eigenvalue weighted by Crippen LogP contribution is -1.96. The van der Waals surface area contributed by atoms with Crippen molar-refractivity contribution in [3.8, 4) is 5.75 Å². The van der Waals surface area contributed by atoms with Crippen LogP contribution < -0.4 is 0 Å². The van der Waals surface area contributed by atoms with Crippen molar-refractivity contribution < 1.29 is 15.0 Å². The molecule has 2 N–H and O–H groups in total. The van der Waals surface area contributed by atoms with Crippen LogP contribution in [-0.2, 0) is 0 Å². The van der Waals surface area contributed by atoms with Crippen LogP contribution in [0.15, 0.2) is 16.6 Å². The minimum Gasteiger partial charge on any atom is -0.506 e. The number of aromatic carboxylic acids is 1. The van der Waals surface area contributed by atoms with Gasteiger partial charge >= 0.3 is 5.97 Å². The second-order valence-electron chi connectivity index (χ2n) is 2.09. The molecule has 0 amide bonds. The number of phenols is 1. The van der Waals surface area contributed by atoms with Crippen molar-refractivity contribution in [2.45, 2.75) is 0 Å². The van der Waals surface area contributed by atoms with Crippen LogP contribution in [0.1, 0.15) is 10.4 Å². The second kappa shape index (κ2) is 3.61. The number of rotatable bonds is 1. The number of hydrogen-bond acceptors (Lipinski definition) is 2. The molecule has 12 heavy (non-hydrogen) atoms. The van der Waals surface area contributed by atoms with Gasteiger partial charge in [0.2, 0.25) is 0 Å². The van der Waals surface area contributed by atoms with Gasteiger partial charge < -0.3 is 10.2 Å². The predicted octanol–water partition coefficient (Wildman–Crippen LogP) is 2.46. The highest BCUT2D eigenvalue weighted by Gasteiger charge is 2.09. The average molecular weight is 343 g/mol. The number of carboxylic acids is 1. The smallest absolute Gasteiger partial charge is 0.335 e. The number of aromatic hydroxyl groups is 1. The van der Waals surface area contributed by atoms with E-state index < -0.39 is 5.97 Å². The first-order valence-electron chi connectivity index (χ1n) is 2.93. The van der Waals surface area contributed by atoms with Crippen molar-refractivity contribution >= 4 is 44.5 Å². The average Bonchev–Trinajstić information content (AvgIpc) is 1.99. The van der Waals surface area contributed by atoms with Gasteiger partial charge in [0.1, 0.15) is 5.75 Å². The molecule has 1 rings (SSSR count). The quantitative estimate of drug-likeness (QED) is 0.771. The Bertz CT molecular complexity index is 314. The zero-order chi connectivity index (χ0) is 9.30. The summed E-state index contributed by atoms with van der Waals surface area (Å²) in [5.41, 5.74) is 0.157. The number of phenolic OH excluding ortho intramolecular Hbond substituents is 1. The van der Waals surface area contributed by atoms with Crippen LogP contribution in [0.25, 0.3) is 0 Å². The highest BCUT2D eigenvalue weighted by molar-refractivity contribution is 14.1. The van der Waals surface area contributed by atoms with Gasteiger partial charge in [-0.3, -0.25) is 0 Å². The fraction of sp³-hybridized carbons (Fsp3) is 0. The minimum absolute atomic E-state index is 0.0700. The first-order valence-corrected chi connectivity index (χ1v) is 4.81. The monoisotopic (exact) mass is 342 g/mol. The molecule has 0 unspecified atom stereocenters. The molecule has 3 nitrogen and oxygen atoms in total. The number of carboxylic acid groups (broad SMARTS) is 1. The van der Waals surface area contributed by atoms with E-state index in [1.807, 2.05) is 22.6 Å². The summed E-state index contributed by atoms with van der Waals surface area (Å²) in [7, 11) is 0. The molecule has 0 saturated heterocycles. The van der Waals surface area contributed by atoms with Gasteiger partial charge in [0.05, 0.1) is 13.6 Å². The Morgan fingerprint density at radius 2 is 2.08 bits per heavy atom. The van der Waals surface area contributed by atoms with Crippen molar-refractivity contribution in [1.29, 1.82) is 0 Å². The maximum atomic E-state index is 10.5. The Morgan fingerprint density at radius 1 is 1.50 bits per heavy atom. The predicted molar refractivity (Wildman–Crippen MR) is 55.5 cm³/mol. The van der Waals surface area contributed by atoms with Gasteiger partial charge in [-0.25, -0.2) is 4.79 Å². The van der Waals surface area contributed by atoms with Crippen molar-refractivity contribution in [3.05, 3.63) is 25.7 Å². The zero-order valence-electron chi connectivity index (χ0n) is 5.71. The van der Waals surface area contributed by atoms with Crippen molar-refractivity contribution in [1.82, 2.24) is 0 Å². The summed E-state index contributed by atoms with van der Waals surface area (Å²) in [6, 6.07) is 2.77. The molecule has 1 aromatic rings. The first-order chi connectivity index (χ1) is 5.52. The van der Waals surface area contributed by atoms with E-state index in [2.05, 4.69) is 15.9 Å². The summed E-state index contributed by atoms with van der Waals surface area (Å²) in [5, 5.41) is 17.9. The normalized spacial score (nSPS) is 9.83. The van der Waals surface area contributed by atoms with Gasteiger partial charge in [-0.05, 0) is 50.7 Å². The first kappa shape index (κ1) is 9.79. The van der Waals surface area contributed by atoms with Crippen molar-refractivity contribution in [3.63, 3.8) is 0 Å². The van der Waals surface area contributed by atoms with Gasteiger partial charge in [-0.1, -0.05) is 0 Å². The second-order valence-corrected chi connectivity index (χ2v) is 4.11. The molecule has 0 heterocycles. The third-order valence-electron chi connectivity index (χ3n) is 1.26. The molecule has 0 aliphatic carbocycles. The fourth-order valence-corrected chi connectivity index (χ4v) is 2.15. The number of hydrogen-bond donors (Lipinski definition) is 2. The Kier molecular flexibility index (Phi) is 2.94. The van der Waals surface area contributed by atoms with Gasteiger partial charge in [0.25, 0.3) is 0 Å². The Hall–Kier alpha value is -0.300. The van der Waals surface area contributed by atoms with Crippen LogP contribution in [0.4, 0.5) is 0 Å². The fourth-order valence-electron chi connectivity index (χ4n) is 0.689. The molecule has 64 valence electrons. The molecule has 0 aliphatic heterocycles. The van der Waals surface area contributed by atoms with Gasteiger partial charge in [-0.2, -0.15) is 0 Å². The largest absolute Gasteiger partial charge is 0.506 e. The minimum atomic E-state index is -1.01. The third-order valence-corrected chi connectivity index (χ3v) is 2.69. The van der Waals surface area contributed by atoms with Gasteiger partial charge in [-0.15, -0.1) is 0 Å². The van der Waals surface area contributed by atoms with Crippen LogP contribution in [0.2, 0.25) is 0 Å². The summed E-state index contributed by atoms with van der Waals surface area (Å²) in [6.45, 7) is 0. The molecule has 0 aliphatic rings. The molecule has 0 aromatic heterocycles. The number of benzene rings is 1. The molecule has 0 atom stereocenters. The highest BCUT2D eigenvalue weighted by Crippen LogP contribution is 2.30. The van der Waals surface area contributed by atoms with Gasteiger partial charge in [0.15, 0.2) is 0 Å². The Morgan fingerprint density at radius 3 is 2.50 bits per heavy atom. The van der Waals surface area contributed by atoms with Crippen LogP contribution in [0.3, 0.4) is 0 Å². The molecule has 0 saturated carbocycles. The summed E-state index contributed by atoms with van der Waals surface area (Å²) < 4.78 is 0.908. The topological polar surface area (TPSA) is 57.5 Å². The maximum absolute atomic E-state index is 10.5. The van der Waals surface area contributed by atoms with Crippen molar-refractivity contribution in [2.75, 3.05) is 0 Å². The molecular weight excluding hydrogens is 339 g/mol. The molecule has 0 spiro atoms. The lowest BCUT2D eigenvalue weighted by atomic mass is 10.2. The van der Waals surface area contributed by atoms with Crippen molar-refractivity contribution in [2.24, 2.45) is 0 Å². The summed E-state index contributed by atoms with van der Waals surface area (Å²) in [5.74, 6) is -0.936. The summed E-state index contributed by atoms with van der Waals surface area (Å²) in [6.07, 6.45) is 0. The number of carbonyl (C=O) groups is 1. The lowest BCUT2D eigenvalue weighted by Gasteiger charge is -2.01. The zero-order valence-corrected chi connectivity index (χ0v) is 9.46. The van der Waals surface area contributed by atoms with E-state index in [9.17, 15) is 9.90 Å². The van der Waals surface area contributed by atoms with E-state index in [0.29, 0.717) is 8.04 Å². The Balaban J connectivity index is 3.31. The van der Waals surface area contributed by atoms with Crippen LogP contribution in [0, 0.1) is 3.57 Å². The van der Waals surface area contributed by atoms with E-state index in [0.717, 1.165) is 0 Å². The highest BCUT2D eigenvalue weighted by atomic mass is 127. The van der Waals surface area contributed by atoms with E-state index in [1.54, 1.807) is 0 Å². The number of halogens is 2. The van der Waals surface area contributed by atoms with E-state index in [4.69, 9.17) is 5.11 Å². The molecule has 1 aromatic carbocycles. The maximum Gasteiger partial charge on any atom is 0.335 e. The van der Waals surface area contributed by atoms with Gasteiger partial charge in [0, 0.05) is 0 Å². The molecule has 5 heteroatoms. The summed E-state index contributed by atoms with van der Waals surface area (Å²) in [4.78, 5) is 10.5. The van der Waals surface area contributed by atoms with Crippen LogP contribution >= 0.6 is 38.5 Å². The molecule has 0 bridgehead atoms. The standard InChI is InChI=1S/C7H4BrIO3/c8-4-1-3(7(11)12)2-5(9)6(4)10/h1-2,10H,(H,11,12). The summed E-state index contributed by atoms with van der Waals surface area (Å²) >= 11 is 4.91. The van der Waals surface area contributed by atoms with E-state index >= 15 is 0 Å². The molecule has 0 fully saturated rings. The SMILES string of the molecule is O=C(O)c1cc(Br)c(O)c(I)c1. The third kappa shape index (κ3) is 1.89. The van der Waals surface area contributed by atoms with E-state index in [1.165, 1.54) is 12.1 Å². The van der Waals surface area contributed by atoms with Crippen LogP contribution in [0.5, 0.6) is 5.75 Å². The van der Waals surface area contributed by atoms with E-state index in [-0.39, 0.29) is 11.3 Å². The molecular formula is C7H4BrIO3.